The highest BCUT2D eigenvalue weighted by molar-refractivity contribution is 5.90. The fraction of sp³-hybridized carbons (Fsp3) is 0.316. The number of aromatic hydroxyl groups is 1. The molecule has 2 N–H and O–H groups in total. The largest absolute Gasteiger partial charge is 0.508 e. The van der Waals surface area contributed by atoms with Crippen LogP contribution in [-0.2, 0) is 0 Å². The average Bonchev–Trinajstić information content (AvgIpc) is 2.96. The zero-order valence-electron chi connectivity index (χ0n) is 12.5. The van der Waals surface area contributed by atoms with Gasteiger partial charge in [-0.2, -0.15) is 0 Å². The van der Waals surface area contributed by atoms with Gasteiger partial charge in [-0.25, -0.2) is 0 Å². The van der Waals surface area contributed by atoms with E-state index >= 15 is 0 Å². The normalized spacial score (nSPS) is 16.2. The molecule has 0 amide bonds. The van der Waals surface area contributed by atoms with E-state index in [-0.39, 0.29) is 0 Å². The third-order valence-electron chi connectivity index (χ3n) is 4.81. The fourth-order valence-electron chi connectivity index (χ4n) is 3.73. The minimum absolute atomic E-state index is 0.306. The summed E-state index contributed by atoms with van der Waals surface area (Å²) < 4.78 is 0. The number of hydrogen-bond acceptors (Lipinski definition) is 2. The molecule has 3 aromatic rings. The molecular formula is C19H20N2O. The summed E-state index contributed by atoms with van der Waals surface area (Å²) in [4.78, 5) is 7.91. The Hall–Kier alpha value is -2.29. The van der Waals surface area contributed by atoms with Crippen LogP contribution in [0.1, 0.15) is 43.6 Å². The van der Waals surface area contributed by atoms with E-state index in [0.29, 0.717) is 11.7 Å². The van der Waals surface area contributed by atoms with Crippen LogP contribution in [0.5, 0.6) is 5.75 Å². The van der Waals surface area contributed by atoms with E-state index in [0.717, 1.165) is 11.1 Å². The first-order valence-electron chi connectivity index (χ1n) is 8.08. The first kappa shape index (κ1) is 13.4. The summed E-state index contributed by atoms with van der Waals surface area (Å²) in [6, 6.07) is 9.53. The van der Waals surface area contributed by atoms with Gasteiger partial charge in [0.15, 0.2) is 0 Å². The Labute approximate surface area is 130 Å². The number of aromatic nitrogens is 2. The van der Waals surface area contributed by atoms with E-state index in [1.54, 1.807) is 12.1 Å². The maximum Gasteiger partial charge on any atom is 0.115 e. The molecule has 2 heterocycles. The van der Waals surface area contributed by atoms with Gasteiger partial charge in [-0.1, -0.05) is 19.3 Å². The second-order valence-corrected chi connectivity index (χ2v) is 6.22. The summed E-state index contributed by atoms with van der Waals surface area (Å²) in [5.41, 5.74) is 4.89. The molecule has 0 radical (unpaired) electrons. The van der Waals surface area contributed by atoms with Gasteiger partial charge in [0, 0.05) is 23.3 Å². The van der Waals surface area contributed by atoms with Gasteiger partial charge in [-0.05, 0) is 60.2 Å². The smallest absolute Gasteiger partial charge is 0.115 e. The van der Waals surface area contributed by atoms with Crippen molar-refractivity contribution >= 4 is 10.9 Å². The Bertz CT molecular complexity index is 783. The fourth-order valence-corrected chi connectivity index (χ4v) is 3.73. The second kappa shape index (κ2) is 5.48. The van der Waals surface area contributed by atoms with E-state index in [9.17, 15) is 5.11 Å². The van der Waals surface area contributed by atoms with Crippen LogP contribution >= 0.6 is 0 Å². The molecule has 4 rings (SSSR count). The Morgan fingerprint density at radius 2 is 1.77 bits per heavy atom. The molecule has 1 aliphatic rings. The minimum Gasteiger partial charge on any atom is -0.508 e. The van der Waals surface area contributed by atoms with Crippen molar-refractivity contribution in [3.05, 3.63) is 48.3 Å². The molecule has 1 fully saturated rings. The first-order valence-corrected chi connectivity index (χ1v) is 8.08. The van der Waals surface area contributed by atoms with Gasteiger partial charge < -0.3 is 10.1 Å². The van der Waals surface area contributed by atoms with Gasteiger partial charge in [0.1, 0.15) is 5.75 Å². The number of nitrogens with one attached hydrogen (secondary N) is 1. The molecule has 0 spiro atoms. The highest BCUT2D eigenvalue weighted by Gasteiger charge is 2.23. The van der Waals surface area contributed by atoms with Gasteiger partial charge in [0.05, 0.1) is 5.69 Å². The Balaban J connectivity index is 1.90. The van der Waals surface area contributed by atoms with Crippen molar-refractivity contribution in [2.24, 2.45) is 0 Å². The van der Waals surface area contributed by atoms with Crippen LogP contribution in [-0.4, -0.2) is 15.1 Å². The third kappa shape index (κ3) is 2.27. The van der Waals surface area contributed by atoms with Crippen LogP contribution in [0.15, 0.2) is 42.7 Å². The average molecular weight is 292 g/mol. The SMILES string of the molecule is Oc1ccc(-c2[nH]c3ccncc3c2C2CCCCC2)cc1. The molecule has 1 aliphatic carbocycles. The maximum atomic E-state index is 9.54. The minimum atomic E-state index is 0.306. The topological polar surface area (TPSA) is 48.9 Å². The van der Waals surface area contributed by atoms with Gasteiger partial charge >= 0.3 is 0 Å². The Morgan fingerprint density at radius 1 is 1.00 bits per heavy atom. The van der Waals surface area contributed by atoms with E-state index in [4.69, 9.17) is 0 Å². The molecule has 1 saturated carbocycles. The van der Waals surface area contributed by atoms with Crippen LogP contribution in [0.3, 0.4) is 0 Å². The quantitative estimate of drug-likeness (QED) is 0.699. The summed E-state index contributed by atoms with van der Waals surface area (Å²) in [5, 5.41) is 10.8. The second-order valence-electron chi connectivity index (χ2n) is 6.22. The lowest BCUT2D eigenvalue weighted by atomic mass is 9.82. The van der Waals surface area contributed by atoms with Gasteiger partial charge in [-0.15, -0.1) is 0 Å². The molecule has 0 unspecified atom stereocenters. The molecule has 0 saturated heterocycles. The summed E-state index contributed by atoms with van der Waals surface area (Å²) in [5.74, 6) is 0.913. The lowest BCUT2D eigenvalue weighted by Crippen LogP contribution is -2.05. The number of aromatic amines is 1. The molecule has 1 aromatic carbocycles. The molecule has 22 heavy (non-hydrogen) atoms. The van der Waals surface area contributed by atoms with Crippen molar-refractivity contribution in [2.75, 3.05) is 0 Å². The molecule has 3 heteroatoms. The highest BCUT2D eigenvalue weighted by atomic mass is 16.3. The molecule has 0 aliphatic heterocycles. The molecule has 0 atom stereocenters. The number of nitrogens with zero attached hydrogens (tertiary/aromatic N) is 1. The van der Waals surface area contributed by atoms with E-state index in [1.807, 2.05) is 30.6 Å². The maximum absolute atomic E-state index is 9.54. The molecule has 0 bridgehead atoms. The zero-order chi connectivity index (χ0) is 14.9. The molecule has 112 valence electrons. The van der Waals surface area contributed by atoms with Gasteiger partial charge in [0.25, 0.3) is 0 Å². The first-order chi connectivity index (χ1) is 10.8. The summed E-state index contributed by atoms with van der Waals surface area (Å²) in [6.07, 6.45) is 10.3. The summed E-state index contributed by atoms with van der Waals surface area (Å²) in [6.45, 7) is 0. The van der Waals surface area contributed by atoms with Crippen molar-refractivity contribution in [1.29, 1.82) is 0 Å². The van der Waals surface area contributed by atoms with Crippen molar-refractivity contribution in [3.8, 4) is 17.0 Å². The third-order valence-corrected chi connectivity index (χ3v) is 4.81. The van der Waals surface area contributed by atoms with Crippen LogP contribution in [0.25, 0.3) is 22.2 Å². The number of phenols is 1. The number of fused-ring (bicyclic) bond motifs is 1. The number of H-pyrrole nitrogens is 1. The van der Waals surface area contributed by atoms with Gasteiger partial charge in [0.2, 0.25) is 0 Å². The number of rotatable bonds is 2. The highest BCUT2D eigenvalue weighted by Crippen LogP contribution is 2.42. The Morgan fingerprint density at radius 3 is 2.55 bits per heavy atom. The standard InChI is InChI=1S/C19H20N2O/c22-15-8-6-14(7-9-15)19-18(13-4-2-1-3-5-13)16-12-20-11-10-17(16)21-19/h6-13,21-22H,1-5H2. The number of benzene rings is 1. The lowest BCUT2D eigenvalue weighted by Gasteiger charge is -2.22. The summed E-state index contributed by atoms with van der Waals surface area (Å²) in [7, 11) is 0. The predicted octanol–water partition coefficient (Wildman–Crippen LogP) is 4.98. The lowest BCUT2D eigenvalue weighted by molar-refractivity contribution is 0.446. The van der Waals surface area contributed by atoms with Crippen LogP contribution in [0.4, 0.5) is 0 Å². The monoisotopic (exact) mass is 292 g/mol. The summed E-state index contributed by atoms with van der Waals surface area (Å²) >= 11 is 0. The van der Waals surface area contributed by atoms with Crippen molar-refractivity contribution in [3.63, 3.8) is 0 Å². The number of phenolic OH excluding ortho intramolecular Hbond substituents is 1. The van der Waals surface area contributed by atoms with Crippen molar-refractivity contribution in [2.45, 2.75) is 38.0 Å². The van der Waals surface area contributed by atoms with Crippen LogP contribution in [0, 0.1) is 0 Å². The molecule has 3 nitrogen and oxygen atoms in total. The number of hydrogen-bond donors (Lipinski definition) is 2. The van der Waals surface area contributed by atoms with E-state index < -0.39 is 0 Å². The zero-order valence-corrected chi connectivity index (χ0v) is 12.5. The van der Waals surface area contributed by atoms with Crippen LogP contribution < -0.4 is 0 Å². The van der Waals surface area contributed by atoms with E-state index in [2.05, 4.69) is 9.97 Å². The van der Waals surface area contributed by atoms with Crippen LogP contribution in [0.2, 0.25) is 0 Å². The van der Waals surface area contributed by atoms with Crippen molar-refractivity contribution < 1.29 is 5.11 Å². The predicted molar refractivity (Wildman–Crippen MR) is 89.0 cm³/mol. The molecule has 2 aromatic heterocycles. The van der Waals surface area contributed by atoms with E-state index in [1.165, 1.54) is 48.7 Å². The van der Waals surface area contributed by atoms with Crippen molar-refractivity contribution in [1.82, 2.24) is 9.97 Å². The Kier molecular flexibility index (Phi) is 3.34. The molecular weight excluding hydrogens is 272 g/mol. The van der Waals surface area contributed by atoms with Gasteiger partial charge in [-0.3, -0.25) is 4.98 Å². The number of pyridine rings is 1.